The van der Waals surface area contributed by atoms with Crippen LogP contribution < -0.4 is 10.1 Å². The van der Waals surface area contributed by atoms with Gasteiger partial charge in [0.05, 0.1) is 24.2 Å². The highest BCUT2D eigenvalue weighted by molar-refractivity contribution is 6.22. The van der Waals surface area contributed by atoms with Crippen molar-refractivity contribution in [3.63, 3.8) is 0 Å². The number of carbonyl (C=O) groups excluding carboxylic acids is 1. The summed E-state index contributed by atoms with van der Waals surface area (Å²) in [5.74, 6) is 0.101. The number of nitrogens with zero attached hydrogens (tertiary/aromatic N) is 1. The van der Waals surface area contributed by atoms with Crippen LogP contribution in [0.25, 0.3) is 10.9 Å². The average molecular weight is 323 g/mol. The SMILES string of the molecule is COc1cccc(C2=NCC(=O)Nc3c2[nH]c2ccc(F)cc32)c1. The second-order valence-corrected chi connectivity index (χ2v) is 5.51. The van der Waals surface area contributed by atoms with Crippen LogP contribution in [0.15, 0.2) is 47.5 Å². The zero-order chi connectivity index (χ0) is 16.7. The third-order valence-electron chi connectivity index (χ3n) is 3.99. The molecule has 2 heterocycles. The summed E-state index contributed by atoms with van der Waals surface area (Å²) < 4.78 is 18.9. The molecule has 4 rings (SSSR count). The van der Waals surface area contributed by atoms with Crippen molar-refractivity contribution in [2.75, 3.05) is 19.0 Å². The fourth-order valence-corrected chi connectivity index (χ4v) is 2.89. The number of hydrogen-bond acceptors (Lipinski definition) is 3. The Hall–Kier alpha value is -3.15. The lowest BCUT2D eigenvalue weighted by Crippen LogP contribution is -2.13. The fraction of sp³-hybridized carbons (Fsp3) is 0.111. The lowest BCUT2D eigenvalue weighted by molar-refractivity contribution is -0.114. The molecule has 120 valence electrons. The maximum Gasteiger partial charge on any atom is 0.246 e. The molecule has 5 nitrogen and oxygen atoms in total. The predicted molar refractivity (Wildman–Crippen MR) is 90.4 cm³/mol. The Balaban J connectivity index is 1.96. The van der Waals surface area contributed by atoms with Crippen LogP contribution in [-0.4, -0.2) is 30.3 Å². The Kier molecular flexibility index (Phi) is 3.30. The summed E-state index contributed by atoms with van der Waals surface area (Å²) in [5, 5.41) is 3.44. The standard InChI is InChI=1S/C18H14FN3O2/c1-24-12-4-2-3-10(7-12)16-18-17(22-15(23)9-20-16)13-8-11(19)5-6-14(13)21-18/h2-8,21H,9H2,1H3,(H,22,23). The van der Waals surface area contributed by atoms with Crippen LogP contribution in [0.2, 0.25) is 0 Å². The van der Waals surface area contributed by atoms with Gasteiger partial charge in [0.2, 0.25) is 5.91 Å². The van der Waals surface area contributed by atoms with Crippen LogP contribution in [0.5, 0.6) is 5.75 Å². The normalized spacial score (nSPS) is 13.9. The molecule has 24 heavy (non-hydrogen) atoms. The van der Waals surface area contributed by atoms with E-state index in [2.05, 4.69) is 15.3 Å². The van der Waals surface area contributed by atoms with Crippen molar-refractivity contribution in [1.82, 2.24) is 4.98 Å². The number of halogens is 1. The summed E-state index contributed by atoms with van der Waals surface area (Å²) in [5.41, 5.74) is 3.40. The van der Waals surface area contributed by atoms with Gasteiger partial charge < -0.3 is 15.0 Å². The van der Waals surface area contributed by atoms with E-state index in [4.69, 9.17) is 4.74 Å². The van der Waals surface area contributed by atoms with Crippen LogP contribution >= 0.6 is 0 Å². The van der Waals surface area contributed by atoms with Crippen molar-refractivity contribution in [1.29, 1.82) is 0 Å². The summed E-state index contributed by atoms with van der Waals surface area (Å²) in [6.07, 6.45) is 0. The Bertz CT molecular complexity index is 991. The van der Waals surface area contributed by atoms with Gasteiger partial charge in [-0.15, -0.1) is 0 Å². The molecule has 0 saturated carbocycles. The van der Waals surface area contributed by atoms with Crippen molar-refractivity contribution in [3.8, 4) is 5.75 Å². The van der Waals surface area contributed by atoms with Crippen LogP contribution in [-0.2, 0) is 4.79 Å². The topological polar surface area (TPSA) is 66.5 Å². The largest absolute Gasteiger partial charge is 0.497 e. The van der Waals surface area contributed by atoms with Gasteiger partial charge in [0.25, 0.3) is 0 Å². The highest BCUT2D eigenvalue weighted by atomic mass is 19.1. The molecule has 6 heteroatoms. The van der Waals surface area contributed by atoms with E-state index >= 15 is 0 Å². The summed E-state index contributed by atoms with van der Waals surface area (Å²) in [4.78, 5) is 19.7. The minimum atomic E-state index is -0.359. The quantitative estimate of drug-likeness (QED) is 0.761. The Labute approximate surface area is 137 Å². The van der Waals surface area contributed by atoms with E-state index in [1.165, 1.54) is 12.1 Å². The molecule has 0 aliphatic carbocycles. The Morgan fingerprint density at radius 2 is 2.08 bits per heavy atom. The average Bonchev–Trinajstić information content (AvgIpc) is 2.84. The van der Waals surface area contributed by atoms with Crippen molar-refractivity contribution in [2.45, 2.75) is 0 Å². The number of carbonyl (C=O) groups is 1. The molecular formula is C18H14FN3O2. The molecule has 1 amide bonds. The number of aliphatic imine (C=N–C) groups is 1. The molecule has 0 bridgehead atoms. The van der Waals surface area contributed by atoms with Crippen LogP contribution in [0, 0.1) is 5.82 Å². The first-order valence-electron chi connectivity index (χ1n) is 7.46. The van der Waals surface area contributed by atoms with Gasteiger partial charge in [-0.2, -0.15) is 0 Å². The Morgan fingerprint density at radius 3 is 2.92 bits per heavy atom. The van der Waals surface area contributed by atoms with Gasteiger partial charge in [0, 0.05) is 16.5 Å². The maximum absolute atomic E-state index is 13.6. The van der Waals surface area contributed by atoms with Crippen molar-refractivity contribution in [2.24, 2.45) is 4.99 Å². The number of amides is 1. The van der Waals surface area contributed by atoms with Crippen LogP contribution in [0.4, 0.5) is 10.1 Å². The van der Waals surface area contributed by atoms with Gasteiger partial charge in [-0.3, -0.25) is 9.79 Å². The Morgan fingerprint density at radius 1 is 1.21 bits per heavy atom. The van der Waals surface area contributed by atoms with Crippen molar-refractivity contribution < 1.29 is 13.9 Å². The zero-order valence-corrected chi connectivity index (χ0v) is 12.9. The van der Waals surface area contributed by atoms with E-state index < -0.39 is 0 Å². The third-order valence-corrected chi connectivity index (χ3v) is 3.99. The number of benzene rings is 2. The molecule has 0 spiro atoms. The number of aromatic nitrogens is 1. The molecule has 1 aliphatic rings. The highest BCUT2D eigenvalue weighted by Crippen LogP contribution is 2.32. The zero-order valence-electron chi connectivity index (χ0n) is 12.9. The number of ether oxygens (including phenoxy) is 1. The lowest BCUT2D eigenvalue weighted by atomic mass is 10.1. The summed E-state index contributed by atoms with van der Waals surface area (Å²) in [6, 6.07) is 11.9. The fourth-order valence-electron chi connectivity index (χ4n) is 2.89. The smallest absolute Gasteiger partial charge is 0.246 e. The number of methoxy groups -OCH3 is 1. The molecule has 2 N–H and O–H groups in total. The molecule has 1 aromatic heterocycles. The molecule has 0 atom stereocenters. The minimum absolute atomic E-state index is 0.00583. The van der Waals surface area contributed by atoms with E-state index in [9.17, 15) is 9.18 Å². The molecule has 1 aliphatic heterocycles. The van der Waals surface area contributed by atoms with Gasteiger partial charge in [0.15, 0.2) is 0 Å². The summed E-state index contributed by atoms with van der Waals surface area (Å²) in [6.45, 7) is 0.00583. The van der Waals surface area contributed by atoms with E-state index in [1.807, 2.05) is 24.3 Å². The molecule has 0 saturated heterocycles. The molecule has 0 radical (unpaired) electrons. The van der Waals surface area contributed by atoms with Gasteiger partial charge in [-0.05, 0) is 30.3 Å². The number of hydrogen-bond donors (Lipinski definition) is 2. The van der Waals surface area contributed by atoms with Gasteiger partial charge in [0.1, 0.15) is 18.1 Å². The first-order valence-corrected chi connectivity index (χ1v) is 7.46. The number of nitrogens with one attached hydrogen (secondary N) is 2. The first kappa shape index (κ1) is 14.4. The predicted octanol–water partition coefficient (Wildman–Crippen LogP) is 3.11. The second-order valence-electron chi connectivity index (χ2n) is 5.51. The summed E-state index contributed by atoms with van der Waals surface area (Å²) >= 11 is 0. The maximum atomic E-state index is 13.6. The number of anilines is 1. The summed E-state index contributed by atoms with van der Waals surface area (Å²) in [7, 11) is 1.59. The monoisotopic (exact) mass is 323 g/mol. The highest BCUT2D eigenvalue weighted by Gasteiger charge is 2.23. The molecule has 0 unspecified atom stereocenters. The van der Waals surface area contributed by atoms with Crippen molar-refractivity contribution in [3.05, 3.63) is 59.5 Å². The molecular weight excluding hydrogens is 309 g/mol. The van der Waals surface area contributed by atoms with E-state index in [-0.39, 0.29) is 18.3 Å². The van der Waals surface area contributed by atoms with Crippen molar-refractivity contribution >= 4 is 28.2 Å². The van der Waals surface area contributed by atoms with Crippen LogP contribution in [0.1, 0.15) is 11.3 Å². The number of aromatic amines is 1. The molecule has 3 aromatic rings. The number of rotatable bonds is 2. The minimum Gasteiger partial charge on any atom is -0.497 e. The molecule has 2 aromatic carbocycles. The van der Waals surface area contributed by atoms with E-state index in [0.29, 0.717) is 28.2 Å². The van der Waals surface area contributed by atoms with E-state index in [1.54, 1.807) is 13.2 Å². The molecule has 0 fully saturated rings. The first-order chi connectivity index (χ1) is 11.7. The lowest BCUT2D eigenvalue weighted by Gasteiger charge is -2.07. The van der Waals surface area contributed by atoms with Gasteiger partial charge in [-0.1, -0.05) is 12.1 Å². The van der Waals surface area contributed by atoms with Crippen LogP contribution in [0.3, 0.4) is 0 Å². The van der Waals surface area contributed by atoms with Gasteiger partial charge >= 0.3 is 0 Å². The third kappa shape index (κ3) is 2.32. The van der Waals surface area contributed by atoms with E-state index in [0.717, 1.165) is 11.1 Å². The van der Waals surface area contributed by atoms with Gasteiger partial charge in [-0.25, -0.2) is 4.39 Å². The number of fused-ring (bicyclic) bond motifs is 3. The second kappa shape index (κ2) is 5.49. The number of H-pyrrole nitrogens is 1.